The van der Waals surface area contributed by atoms with Gasteiger partial charge in [-0.05, 0) is 26.7 Å². The maximum atomic E-state index is 5.15. The summed E-state index contributed by atoms with van der Waals surface area (Å²) in [6.45, 7) is 14.5. The second-order valence-corrected chi connectivity index (χ2v) is 3.13. The quantitative estimate of drug-likeness (QED) is 0.640. The van der Waals surface area contributed by atoms with E-state index in [1.54, 1.807) is 0 Å². The largest absolute Gasteiger partial charge is 0.379 e. The Balaban J connectivity index is 0. The number of hydrogen-bond acceptors (Lipinski definition) is 3. The molecule has 2 aliphatic rings. The lowest BCUT2D eigenvalue weighted by Gasteiger charge is -1.94. The predicted octanol–water partition coefficient (Wildman–Crippen LogP) is 3.62. The van der Waals surface area contributed by atoms with Gasteiger partial charge in [0.1, 0.15) is 0 Å². The highest BCUT2D eigenvalue weighted by Gasteiger charge is 2.07. The molecule has 0 aliphatic carbocycles. The van der Waals surface area contributed by atoms with E-state index in [1.165, 1.54) is 12.8 Å². The molecule has 2 aliphatic heterocycles. The lowest BCUT2D eigenvalue weighted by molar-refractivity contribution is -0.0254. The van der Waals surface area contributed by atoms with E-state index < -0.39 is 0 Å². The maximum Gasteiger partial charge on any atom is 0.155 e. The molecule has 0 radical (unpaired) electrons. The molecule has 0 saturated carbocycles. The van der Waals surface area contributed by atoms with Gasteiger partial charge in [-0.2, -0.15) is 0 Å². The molecule has 0 aromatic carbocycles. The molecule has 1 unspecified atom stereocenters. The van der Waals surface area contributed by atoms with Crippen LogP contribution in [0.25, 0.3) is 0 Å². The Morgan fingerprint density at radius 3 is 1.38 bits per heavy atom. The summed E-state index contributed by atoms with van der Waals surface area (Å²) >= 11 is 0. The molecule has 16 heavy (non-hydrogen) atoms. The Labute approximate surface area is 101 Å². The molecule has 0 spiro atoms. The van der Waals surface area contributed by atoms with E-state index in [4.69, 9.17) is 14.2 Å². The van der Waals surface area contributed by atoms with Crippen molar-refractivity contribution in [1.29, 1.82) is 0 Å². The van der Waals surface area contributed by atoms with E-state index in [9.17, 15) is 0 Å². The van der Waals surface area contributed by atoms with Crippen LogP contribution in [0.15, 0.2) is 0 Å². The minimum absolute atomic E-state index is 0.0463. The van der Waals surface area contributed by atoms with Gasteiger partial charge in [0.2, 0.25) is 0 Å². The Morgan fingerprint density at radius 2 is 1.25 bits per heavy atom. The minimum Gasteiger partial charge on any atom is -0.379 e. The zero-order valence-corrected chi connectivity index (χ0v) is 11.9. The lowest BCUT2D eigenvalue weighted by Crippen LogP contribution is -1.97. The summed E-state index contributed by atoms with van der Waals surface area (Å²) in [6, 6.07) is 0. The summed E-state index contributed by atoms with van der Waals surface area (Å²) in [7, 11) is 0. The van der Waals surface area contributed by atoms with Gasteiger partial charge in [-0.15, -0.1) is 0 Å². The smallest absolute Gasteiger partial charge is 0.155 e. The average Bonchev–Trinajstić information content (AvgIpc) is 2.98. The summed E-state index contributed by atoms with van der Waals surface area (Å²) < 4.78 is 15.0. The van der Waals surface area contributed by atoms with E-state index in [0.717, 1.165) is 19.8 Å². The molecule has 100 valence electrons. The van der Waals surface area contributed by atoms with Gasteiger partial charge >= 0.3 is 0 Å². The fraction of sp³-hybridized carbons (Fsp3) is 1.00. The van der Waals surface area contributed by atoms with Gasteiger partial charge < -0.3 is 14.2 Å². The van der Waals surface area contributed by atoms with Crippen LogP contribution in [0, 0.1) is 0 Å². The fourth-order valence-corrected chi connectivity index (χ4v) is 1.21. The van der Waals surface area contributed by atoms with E-state index in [0.29, 0.717) is 6.10 Å². The highest BCUT2D eigenvalue weighted by atomic mass is 16.7. The van der Waals surface area contributed by atoms with Crippen molar-refractivity contribution in [3.63, 3.8) is 0 Å². The molecule has 0 aromatic rings. The van der Waals surface area contributed by atoms with Gasteiger partial charge in [-0.25, -0.2) is 0 Å². The first-order chi connectivity index (χ1) is 7.79. The van der Waals surface area contributed by atoms with Crippen LogP contribution < -0.4 is 0 Å². The average molecular weight is 234 g/mol. The van der Waals surface area contributed by atoms with Crippen molar-refractivity contribution in [2.75, 3.05) is 19.8 Å². The molecule has 2 saturated heterocycles. The molecule has 0 aromatic heterocycles. The maximum absolute atomic E-state index is 5.15. The standard InChI is InChI=1S/C5H10O.C4H8O2.2C2H6/c1-5-3-2-4-6-5;1-4-5-2-3-6-4;2*1-2/h5H,2-4H2,1H3;4H,2-3H2,1H3;2*1-2H3. The van der Waals surface area contributed by atoms with Gasteiger partial charge in [0.15, 0.2) is 6.29 Å². The summed E-state index contributed by atoms with van der Waals surface area (Å²) in [5, 5.41) is 0. The summed E-state index contributed by atoms with van der Waals surface area (Å²) in [4.78, 5) is 0. The zero-order valence-electron chi connectivity index (χ0n) is 11.9. The lowest BCUT2D eigenvalue weighted by atomic mass is 10.3. The van der Waals surface area contributed by atoms with Crippen molar-refractivity contribution in [1.82, 2.24) is 0 Å². The molecule has 2 fully saturated rings. The Morgan fingerprint density at radius 1 is 0.750 bits per heavy atom. The van der Waals surface area contributed by atoms with Crippen LogP contribution in [0.5, 0.6) is 0 Å². The third-order valence-corrected chi connectivity index (χ3v) is 1.95. The van der Waals surface area contributed by atoms with Crippen molar-refractivity contribution in [3.8, 4) is 0 Å². The van der Waals surface area contributed by atoms with Gasteiger partial charge in [-0.1, -0.05) is 27.7 Å². The zero-order chi connectivity index (χ0) is 12.8. The summed E-state index contributed by atoms with van der Waals surface area (Å²) in [5.41, 5.74) is 0. The van der Waals surface area contributed by atoms with Crippen LogP contribution in [0.4, 0.5) is 0 Å². The minimum atomic E-state index is 0.0463. The molecule has 2 heterocycles. The van der Waals surface area contributed by atoms with E-state index in [-0.39, 0.29) is 6.29 Å². The van der Waals surface area contributed by atoms with Crippen molar-refractivity contribution in [2.45, 2.75) is 66.8 Å². The molecule has 0 amide bonds. The van der Waals surface area contributed by atoms with Gasteiger partial charge in [0, 0.05) is 6.61 Å². The second kappa shape index (κ2) is 14.9. The topological polar surface area (TPSA) is 27.7 Å². The SMILES string of the molecule is CC.CC.CC1CCCO1.CC1OCCO1. The number of hydrogen-bond donors (Lipinski definition) is 0. The van der Waals surface area contributed by atoms with E-state index >= 15 is 0 Å². The van der Waals surface area contributed by atoms with Crippen LogP contribution in [-0.4, -0.2) is 32.2 Å². The van der Waals surface area contributed by atoms with Crippen LogP contribution in [0.1, 0.15) is 54.4 Å². The van der Waals surface area contributed by atoms with Crippen LogP contribution in [-0.2, 0) is 14.2 Å². The molecule has 3 nitrogen and oxygen atoms in total. The predicted molar refractivity (Wildman–Crippen MR) is 68.7 cm³/mol. The third-order valence-electron chi connectivity index (χ3n) is 1.95. The van der Waals surface area contributed by atoms with Crippen LogP contribution in [0.2, 0.25) is 0 Å². The van der Waals surface area contributed by atoms with Crippen LogP contribution in [0.3, 0.4) is 0 Å². The molecule has 3 heteroatoms. The molecule has 0 bridgehead atoms. The normalized spacial score (nSPS) is 23.2. The third kappa shape index (κ3) is 12.0. The highest BCUT2D eigenvalue weighted by Crippen LogP contribution is 2.09. The first kappa shape index (κ1) is 18.3. The summed E-state index contributed by atoms with van der Waals surface area (Å²) in [6.07, 6.45) is 3.12. The highest BCUT2D eigenvalue weighted by molar-refractivity contribution is 4.56. The Bertz CT molecular complexity index is 91.7. The van der Waals surface area contributed by atoms with Gasteiger partial charge in [0.05, 0.1) is 19.3 Å². The molecule has 0 N–H and O–H groups in total. The first-order valence-corrected chi connectivity index (χ1v) is 6.64. The fourth-order valence-electron chi connectivity index (χ4n) is 1.21. The van der Waals surface area contributed by atoms with Crippen molar-refractivity contribution in [3.05, 3.63) is 0 Å². The molecule has 1 atom stereocenters. The van der Waals surface area contributed by atoms with E-state index in [1.807, 2.05) is 34.6 Å². The van der Waals surface area contributed by atoms with Crippen molar-refractivity contribution >= 4 is 0 Å². The van der Waals surface area contributed by atoms with Gasteiger partial charge in [0.25, 0.3) is 0 Å². The van der Waals surface area contributed by atoms with Crippen molar-refractivity contribution < 1.29 is 14.2 Å². The summed E-state index contributed by atoms with van der Waals surface area (Å²) in [5.74, 6) is 0. The Kier molecular flexibility index (Phi) is 17.0. The van der Waals surface area contributed by atoms with Crippen LogP contribution >= 0.6 is 0 Å². The number of rotatable bonds is 0. The first-order valence-electron chi connectivity index (χ1n) is 6.64. The molecular weight excluding hydrogens is 204 g/mol. The Hall–Kier alpha value is -0.120. The monoisotopic (exact) mass is 234 g/mol. The van der Waals surface area contributed by atoms with Crippen molar-refractivity contribution in [2.24, 2.45) is 0 Å². The number of ether oxygens (including phenoxy) is 3. The van der Waals surface area contributed by atoms with Gasteiger partial charge in [-0.3, -0.25) is 0 Å². The second-order valence-electron chi connectivity index (χ2n) is 3.13. The molecular formula is C13H30O3. The molecule has 2 rings (SSSR count). The van der Waals surface area contributed by atoms with E-state index in [2.05, 4.69) is 6.92 Å².